The molecule has 0 radical (unpaired) electrons. The summed E-state index contributed by atoms with van der Waals surface area (Å²) in [7, 11) is 0. The first-order chi connectivity index (χ1) is 23.7. The number of rotatable bonds is 12. The maximum absolute atomic E-state index is 12.8. The van der Waals surface area contributed by atoms with Crippen molar-refractivity contribution in [3.8, 4) is 0 Å². The standard InChI is InChI=1S/C27H36N4O.C8H8ClF.C5H11N.C2H6/c1-19-9-10-25(23(5)32)17-27(19)31(16-11-20(2)28)22(4)18-30-14-12-24(13-15-30)26-8-6-7-21(3)29-26;1-2-6-3-4-7(9)5-8(6)10;1-3-4-5(2)6;1-2/h6-10,17,24H,2,4,11-16,18,28H2,1,3,5H3;3-5H,2H2,1H3;6H,3-4H2,1-2H3;1-2H3. The largest absolute Gasteiger partial charge is 0.402 e. The number of nitrogens with one attached hydrogen (secondary N) is 1. The highest BCUT2D eigenvalue weighted by Crippen LogP contribution is 2.30. The third-order valence-corrected chi connectivity index (χ3v) is 8.52. The lowest BCUT2D eigenvalue weighted by Crippen LogP contribution is -2.38. The minimum atomic E-state index is -0.213. The molecule has 4 rings (SSSR count). The number of anilines is 1. The van der Waals surface area contributed by atoms with Crippen LogP contribution in [0.1, 0.15) is 112 Å². The fraction of sp³-hybridized carbons (Fsp3) is 0.452. The van der Waals surface area contributed by atoms with Crippen LogP contribution in [0.2, 0.25) is 5.02 Å². The van der Waals surface area contributed by atoms with Crippen molar-refractivity contribution in [3.05, 3.63) is 118 Å². The van der Waals surface area contributed by atoms with Crippen molar-refractivity contribution in [2.75, 3.05) is 31.1 Å². The fourth-order valence-electron chi connectivity index (χ4n) is 5.53. The number of hydrogen-bond acceptors (Lipinski definition) is 6. The highest BCUT2D eigenvalue weighted by Gasteiger charge is 2.24. The van der Waals surface area contributed by atoms with Crippen LogP contribution in [0.3, 0.4) is 0 Å². The molecule has 274 valence electrons. The molecule has 0 unspecified atom stereocenters. The Bertz CT molecular complexity index is 1530. The molecule has 1 aromatic heterocycles. The molecule has 1 saturated heterocycles. The summed E-state index contributed by atoms with van der Waals surface area (Å²) in [6, 6.07) is 16.9. The molecule has 0 bridgehead atoms. The maximum Gasteiger partial charge on any atom is 0.159 e. The van der Waals surface area contributed by atoms with E-state index >= 15 is 0 Å². The molecule has 0 spiro atoms. The third-order valence-electron chi connectivity index (χ3n) is 8.29. The van der Waals surface area contributed by atoms with Crippen molar-refractivity contribution in [2.45, 2.75) is 99.8 Å². The second-order valence-electron chi connectivity index (χ2n) is 12.6. The molecule has 0 aliphatic carbocycles. The van der Waals surface area contributed by atoms with Gasteiger partial charge in [0.15, 0.2) is 5.78 Å². The van der Waals surface area contributed by atoms with E-state index in [4.69, 9.17) is 27.7 Å². The summed E-state index contributed by atoms with van der Waals surface area (Å²) in [4.78, 5) is 21.4. The van der Waals surface area contributed by atoms with Crippen LogP contribution < -0.4 is 10.6 Å². The van der Waals surface area contributed by atoms with Crippen LogP contribution in [0.15, 0.2) is 79.1 Å². The second-order valence-corrected chi connectivity index (χ2v) is 13.0. The first kappa shape index (κ1) is 44.2. The third kappa shape index (κ3) is 15.8. The summed E-state index contributed by atoms with van der Waals surface area (Å²) in [5.74, 6) is 0.368. The number of likely N-dealkylation sites (tertiary alicyclic amines) is 1. The van der Waals surface area contributed by atoms with Crippen molar-refractivity contribution >= 4 is 28.8 Å². The van der Waals surface area contributed by atoms with Gasteiger partial charge in [0.25, 0.3) is 0 Å². The molecule has 1 aliphatic heterocycles. The number of carbonyl (C=O) groups excluding carboxylic acids is 1. The topological polar surface area (TPSA) is 86.3 Å². The van der Waals surface area contributed by atoms with Crippen molar-refractivity contribution in [1.82, 2.24) is 9.88 Å². The van der Waals surface area contributed by atoms with Gasteiger partial charge in [-0.1, -0.05) is 83.1 Å². The van der Waals surface area contributed by atoms with E-state index in [1.807, 2.05) is 45.9 Å². The molecule has 3 aromatic rings. The fourth-order valence-corrected chi connectivity index (χ4v) is 5.69. The van der Waals surface area contributed by atoms with Gasteiger partial charge in [-0.2, -0.15) is 0 Å². The van der Waals surface area contributed by atoms with E-state index < -0.39 is 0 Å². The van der Waals surface area contributed by atoms with E-state index in [-0.39, 0.29) is 11.6 Å². The number of carbonyl (C=O) groups is 1. The normalized spacial score (nSPS) is 12.6. The van der Waals surface area contributed by atoms with Crippen molar-refractivity contribution in [3.63, 3.8) is 0 Å². The number of pyridine rings is 1. The van der Waals surface area contributed by atoms with Gasteiger partial charge in [-0.3, -0.25) is 14.7 Å². The van der Waals surface area contributed by atoms with Crippen LogP contribution in [0.5, 0.6) is 0 Å². The molecule has 2 aromatic carbocycles. The molecule has 2 heterocycles. The van der Waals surface area contributed by atoms with Gasteiger partial charge in [0, 0.05) is 70.2 Å². The van der Waals surface area contributed by atoms with Crippen LogP contribution >= 0.6 is 11.6 Å². The number of piperidine rings is 1. The number of benzene rings is 2. The van der Waals surface area contributed by atoms with Crippen LogP contribution in [-0.4, -0.2) is 47.6 Å². The Hall–Kier alpha value is -3.81. The molecule has 0 amide bonds. The van der Waals surface area contributed by atoms with E-state index in [0.717, 1.165) is 73.7 Å². The Morgan fingerprint density at radius 3 is 2.20 bits per heavy atom. The van der Waals surface area contributed by atoms with Crippen LogP contribution in [0.25, 0.3) is 0 Å². The van der Waals surface area contributed by atoms with Gasteiger partial charge >= 0.3 is 0 Å². The van der Waals surface area contributed by atoms with Crippen molar-refractivity contribution < 1.29 is 9.18 Å². The minimum absolute atomic E-state index is 0.0619. The number of ketones is 1. The van der Waals surface area contributed by atoms with Crippen LogP contribution in [-0.2, 0) is 6.42 Å². The van der Waals surface area contributed by atoms with E-state index in [1.54, 1.807) is 19.1 Å². The van der Waals surface area contributed by atoms with E-state index in [2.05, 4.69) is 61.9 Å². The molecule has 6 nitrogen and oxygen atoms in total. The average molecular weight is 706 g/mol. The minimum Gasteiger partial charge on any atom is -0.402 e. The molecule has 1 aliphatic rings. The zero-order chi connectivity index (χ0) is 37.8. The molecule has 1 fully saturated rings. The summed E-state index contributed by atoms with van der Waals surface area (Å²) in [5.41, 5.74) is 14.2. The summed E-state index contributed by atoms with van der Waals surface area (Å²) < 4.78 is 12.8. The van der Waals surface area contributed by atoms with E-state index in [0.29, 0.717) is 47.2 Å². The Morgan fingerprint density at radius 1 is 1.04 bits per heavy atom. The lowest BCUT2D eigenvalue weighted by atomic mass is 9.93. The molecule has 8 heteroatoms. The molecule has 50 heavy (non-hydrogen) atoms. The Balaban J connectivity index is 0.000000568. The number of Topliss-reactive ketones (excluding diaryl/α,β-unsaturated/α-hetero) is 1. The van der Waals surface area contributed by atoms with Gasteiger partial charge in [0.2, 0.25) is 0 Å². The molecular formula is C42H61ClFN5O. The predicted molar refractivity (Wildman–Crippen MR) is 213 cm³/mol. The van der Waals surface area contributed by atoms with Crippen LogP contribution in [0.4, 0.5) is 10.1 Å². The van der Waals surface area contributed by atoms with Gasteiger partial charge in [0.1, 0.15) is 5.82 Å². The maximum atomic E-state index is 12.8. The van der Waals surface area contributed by atoms with Gasteiger partial charge in [-0.05, 0) is 108 Å². The Labute approximate surface area is 307 Å². The number of hydrogen-bond donors (Lipinski definition) is 2. The van der Waals surface area contributed by atoms with Gasteiger partial charge in [-0.25, -0.2) is 4.39 Å². The van der Waals surface area contributed by atoms with Gasteiger partial charge < -0.3 is 16.0 Å². The first-order valence-electron chi connectivity index (χ1n) is 17.9. The first-order valence-corrected chi connectivity index (χ1v) is 18.3. The van der Waals surface area contributed by atoms with Gasteiger partial charge in [0.05, 0.1) is 0 Å². The highest BCUT2D eigenvalue weighted by molar-refractivity contribution is 6.30. The predicted octanol–water partition coefficient (Wildman–Crippen LogP) is 10.9. The lowest BCUT2D eigenvalue weighted by Gasteiger charge is -2.36. The molecule has 0 atom stereocenters. The van der Waals surface area contributed by atoms with Crippen molar-refractivity contribution in [2.24, 2.45) is 5.73 Å². The molecular weight excluding hydrogens is 645 g/mol. The summed E-state index contributed by atoms with van der Waals surface area (Å²) >= 11 is 5.53. The summed E-state index contributed by atoms with van der Waals surface area (Å²) in [5, 5.41) is 7.35. The number of nitrogens with zero attached hydrogens (tertiary/aromatic N) is 3. The molecule has 3 N–H and O–H groups in total. The molecule has 0 saturated carbocycles. The highest BCUT2D eigenvalue weighted by atomic mass is 35.5. The van der Waals surface area contributed by atoms with Gasteiger partial charge in [-0.15, -0.1) is 0 Å². The smallest absolute Gasteiger partial charge is 0.159 e. The number of aryl methyl sites for hydroxylation is 3. The Morgan fingerprint density at radius 2 is 1.70 bits per heavy atom. The average Bonchev–Trinajstić information content (AvgIpc) is 3.07. The SMILES string of the molecule is C=C(N)CCN(C(=C)CN1CCC(c2cccc(C)n2)CC1)c1cc(C(C)=O)ccc1C.CC.CCCC(C)=N.CCc1ccc(Cl)cc1F. The van der Waals surface area contributed by atoms with Crippen molar-refractivity contribution in [1.29, 1.82) is 5.41 Å². The number of nitrogens with two attached hydrogens (primary N) is 1. The lowest BCUT2D eigenvalue weighted by molar-refractivity contribution is 0.101. The quantitative estimate of drug-likeness (QED) is 0.145. The number of aromatic nitrogens is 1. The zero-order valence-electron chi connectivity index (χ0n) is 31.8. The number of halogens is 2. The van der Waals surface area contributed by atoms with E-state index in [1.165, 1.54) is 11.8 Å². The summed E-state index contributed by atoms with van der Waals surface area (Å²) in [6.45, 7) is 27.3. The Kier molecular flexibility index (Phi) is 20.8. The van der Waals surface area contributed by atoms with Crippen LogP contribution in [0, 0.1) is 25.1 Å². The monoisotopic (exact) mass is 705 g/mol. The van der Waals surface area contributed by atoms with E-state index in [9.17, 15) is 9.18 Å². The zero-order valence-corrected chi connectivity index (χ0v) is 32.6. The summed E-state index contributed by atoms with van der Waals surface area (Å²) in [6.07, 6.45) is 5.65. The second kappa shape index (κ2) is 23.6.